The number of hydrogen-bond donors (Lipinski definition) is 0. The van der Waals surface area contributed by atoms with Crippen LogP contribution in [-0.4, -0.2) is 52.8 Å². The predicted molar refractivity (Wildman–Crippen MR) is 92.6 cm³/mol. The summed E-state index contributed by atoms with van der Waals surface area (Å²) in [6.45, 7) is 5.99. The van der Waals surface area contributed by atoms with Crippen molar-refractivity contribution in [1.82, 2.24) is 4.90 Å². The van der Waals surface area contributed by atoms with Gasteiger partial charge in [0.1, 0.15) is 0 Å². The monoisotopic (exact) mass is 324 g/mol. The van der Waals surface area contributed by atoms with Crippen molar-refractivity contribution >= 4 is 15.5 Å². The molecule has 0 saturated carbocycles. The Morgan fingerprint density at radius 3 is 2.23 bits per heavy atom. The molecule has 4 nitrogen and oxygen atoms in total. The van der Waals surface area contributed by atoms with Gasteiger partial charge in [0.05, 0.1) is 10.6 Å². The second-order valence-corrected chi connectivity index (χ2v) is 8.82. The van der Waals surface area contributed by atoms with E-state index in [0.29, 0.717) is 16.9 Å². The van der Waals surface area contributed by atoms with Gasteiger partial charge in [-0.3, -0.25) is 0 Å². The summed E-state index contributed by atoms with van der Waals surface area (Å²) in [6, 6.07) is 6.50. The van der Waals surface area contributed by atoms with Crippen LogP contribution in [0.15, 0.2) is 23.1 Å². The molecule has 0 bridgehead atoms. The molecule has 0 atom stereocenters. The third-order valence-electron chi connectivity index (χ3n) is 4.59. The van der Waals surface area contributed by atoms with Crippen molar-refractivity contribution in [3.63, 3.8) is 0 Å². The number of anilines is 1. The Hall–Kier alpha value is -1.07. The third kappa shape index (κ3) is 3.82. The molecule has 1 aliphatic heterocycles. The average molecular weight is 324 g/mol. The molecule has 1 aromatic carbocycles. The van der Waals surface area contributed by atoms with Crippen LogP contribution in [-0.2, 0) is 9.84 Å². The Labute approximate surface area is 135 Å². The van der Waals surface area contributed by atoms with E-state index in [1.807, 2.05) is 12.1 Å². The number of piperidine rings is 1. The van der Waals surface area contributed by atoms with Gasteiger partial charge in [0.2, 0.25) is 0 Å². The van der Waals surface area contributed by atoms with Gasteiger partial charge in [-0.2, -0.15) is 0 Å². The summed E-state index contributed by atoms with van der Waals surface area (Å²) in [5, 5.41) is 0. The zero-order chi connectivity index (χ0) is 16.5. The Balaban J connectivity index is 2.32. The van der Waals surface area contributed by atoms with Crippen LogP contribution in [0.4, 0.5) is 5.69 Å². The molecule has 0 amide bonds. The molecule has 0 radical (unpaired) electrons. The molecule has 1 aliphatic rings. The van der Waals surface area contributed by atoms with Crippen LogP contribution in [0.5, 0.6) is 0 Å². The first-order chi connectivity index (χ1) is 10.2. The van der Waals surface area contributed by atoms with E-state index in [0.717, 1.165) is 37.2 Å². The zero-order valence-electron chi connectivity index (χ0n) is 14.3. The largest absolute Gasteiger partial charge is 0.370 e. The number of benzene rings is 1. The van der Waals surface area contributed by atoms with E-state index in [1.165, 1.54) is 6.26 Å². The lowest BCUT2D eigenvalue weighted by molar-refractivity contribution is 0.249. The molecule has 0 unspecified atom stereocenters. The zero-order valence-corrected chi connectivity index (χ0v) is 15.2. The maximum atomic E-state index is 12.2. The quantitative estimate of drug-likeness (QED) is 0.854. The van der Waals surface area contributed by atoms with Crippen molar-refractivity contribution in [3.05, 3.63) is 23.8 Å². The van der Waals surface area contributed by atoms with Crippen LogP contribution in [0.3, 0.4) is 0 Å². The van der Waals surface area contributed by atoms with Gasteiger partial charge in [0, 0.05) is 25.4 Å². The highest BCUT2D eigenvalue weighted by molar-refractivity contribution is 7.90. The number of hydrogen-bond acceptors (Lipinski definition) is 4. The van der Waals surface area contributed by atoms with Gasteiger partial charge in [-0.25, -0.2) is 8.42 Å². The Bertz CT molecular complexity index is 616. The van der Waals surface area contributed by atoms with Gasteiger partial charge in [-0.05, 0) is 50.6 Å². The molecule has 1 saturated heterocycles. The molecular weight excluding hydrogens is 296 g/mol. The van der Waals surface area contributed by atoms with Gasteiger partial charge >= 0.3 is 0 Å². The summed E-state index contributed by atoms with van der Waals surface area (Å²) in [4.78, 5) is 4.96. The predicted octanol–water partition coefficient (Wildman–Crippen LogP) is 2.74. The molecule has 0 N–H and O–H groups in total. The second-order valence-electron chi connectivity index (χ2n) is 6.84. The minimum atomic E-state index is -3.22. The fraction of sp³-hybridized carbons (Fsp3) is 0.647. The maximum Gasteiger partial charge on any atom is 0.177 e. The topological polar surface area (TPSA) is 40.6 Å². The SMILES string of the molecule is CC(C)c1ccc(N2CCC(N(C)C)CC2)c(S(C)(=O)=O)c1. The molecule has 0 aromatic heterocycles. The lowest BCUT2D eigenvalue weighted by Gasteiger charge is -2.37. The molecular formula is C17H28N2O2S. The first-order valence-electron chi connectivity index (χ1n) is 7.95. The third-order valence-corrected chi connectivity index (χ3v) is 5.71. The number of nitrogens with zero attached hydrogens (tertiary/aromatic N) is 2. The highest BCUT2D eigenvalue weighted by atomic mass is 32.2. The summed E-state index contributed by atoms with van der Waals surface area (Å²) in [5.74, 6) is 0.328. The number of sulfone groups is 1. The Kier molecular flexibility index (Phi) is 5.17. The molecule has 1 heterocycles. The summed E-state index contributed by atoms with van der Waals surface area (Å²) >= 11 is 0. The van der Waals surface area contributed by atoms with Crippen LogP contribution in [0, 0.1) is 0 Å². The molecule has 1 fully saturated rings. The van der Waals surface area contributed by atoms with Crippen LogP contribution in [0.2, 0.25) is 0 Å². The van der Waals surface area contributed by atoms with Crippen molar-refractivity contribution in [2.45, 2.75) is 43.5 Å². The molecule has 0 aliphatic carbocycles. The fourth-order valence-electron chi connectivity index (χ4n) is 3.07. The van der Waals surface area contributed by atoms with Gasteiger partial charge in [-0.1, -0.05) is 19.9 Å². The molecule has 0 spiro atoms. The highest BCUT2D eigenvalue weighted by Crippen LogP contribution is 2.31. The summed E-state index contributed by atoms with van der Waals surface area (Å²) < 4.78 is 24.4. The fourth-order valence-corrected chi connectivity index (χ4v) is 4.00. The van der Waals surface area contributed by atoms with Crippen molar-refractivity contribution in [2.75, 3.05) is 38.3 Å². The molecule has 5 heteroatoms. The van der Waals surface area contributed by atoms with Gasteiger partial charge < -0.3 is 9.80 Å². The van der Waals surface area contributed by atoms with Crippen molar-refractivity contribution < 1.29 is 8.42 Å². The molecule has 2 rings (SSSR count). The first-order valence-corrected chi connectivity index (χ1v) is 9.84. The molecule has 1 aromatic rings. The summed E-state index contributed by atoms with van der Waals surface area (Å²) in [6.07, 6.45) is 3.45. The maximum absolute atomic E-state index is 12.2. The van der Waals surface area contributed by atoms with Gasteiger partial charge in [-0.15, -0.1) is 0 Å². The second kappa shape index (κ2) is 6.59. The van der Waals surface area contributed by atoms with Crippen LogP contribution in [0.1, 0.15) is 38.2 Å². The van der Waals surface area contributed by atoms with E-state index in [1.54, 1.807) is 0 Å². The van der Waals surface area contributed by atoms with Crippen molar-refractivity contribution in [2.24, 2.45) is 0 Å². The Morgan fingerprint density at radius 1 is 1.18 bits per heavy atom. The summed E-state index contributed by atoms with van der Waals surface area (Å²) in [5.41, 5.74) is 1.94. The first kappa shape index (κ1) is 17.3. The van der Waals surface area contributed by atoms with E-state index in [2.05, 4.69) is 43.8 Å². The smallest absolute Gasteiger partial charge is 0.177 e. The van der Waals surface area contributed by atoms with Crippen LogP contribution >= 0.6 is 0 Å². The van der Waals surface area contributed by atoms with E-state index in [9.17, 15) is 8.42 Å². The average Bonchev–Trinajstić information content (AvgIpc) is 2.45. The normalized spacial score (nSPS) is 17.5. The van der Waals surface area contributed by atoms with Crippen LogP contribution in [0.25, 0.3) is 0 Å². The van der Waals surface area contributed by atoms with Crippen LogP contribution < -0.4 is 4.90 Å². The van der Waals surface area contributed by atoms with E-state index >= 15 is 0 Å². The summed E-state index contributed by atoms with van der Waals surface area (Å²) in [7, 11) is 1.00. The highest BCUT2D eigenvalue weighted by Gasteiger charge is 2.25. The molecule has 22 heavy (non-hydrogen) atoms. The van der Waals surface area contributed by atoms with Crippen molar-refractivity contribution in [1.29, 1.82) is 0 Å². The van der Waals surface area contributed by atoms with E-state index < -0.39 is 9.84 Å². The number of rotatable bonds is 4. The Morgan fingerprint density at radius 2 is 1.77 bits per heavy atom. The molecule has 124 valence electrons. The van der Waals surface area contributed by atoms with Gasteiger partial charge in [0.15, 0.2) is 9.84 Å². The van der Waals surface area contributed by atoms with E-state index in [-0.39, 0.29) is 0 Å². The minimum Gasteiger partial charge on any atom is -0.370 e. The van der Waals surface area contributed by atoms with E-state index in [4.69, 9.17) is 0 Å². The lowest BCUT2D eigenvalue weighted by atomic mass is 10.0. The van der Waals surface area contributed by atoms with Gasteiger partial charge in [0.25, 0.3) is 0 Å². The lowest BCUT2D eigenvalue weighted by Crippen LogP contribution is -2.42. The minimum absolute atomic E-state index is 0.328. The van der Waals surface area contributed by atoms with Crippen molar-refractivity contribution in [3.8, 4) is 0 Å². The standard InChI is InChI=1S/C17H28N2O2S/c1-13(2)14-6-7-16(17(12-14)22(5,20)21)19-10-8-15(9-11-19)18(3)4/h6-7,12-13,15H,8-11H2,1-5H3.